The lowest BCUT2D eigenvalue weighted by Gasteiger charge is -2.35. The number of nitrogens with two attached hydrogens (primary N) is 1. The smallest absolute Gasteiger partial charge is 0.290 e. The van der Waals surface area contributed by atoms with Gasteiger partial charge in [-0.05, 0) is 61.7 Å². The van der Waals surface area contributed by atoms with Crippen LogP contribution in [0.2, 0.25) is 0 Å². The van der Waals surface area contributed by atoms with Crippen LogP contribution in [-0.2, 0) is 0 Å². The van der Waals surface area contributed by atoms with Crippen LogP contribution in [0.15, 0.2) is 30.3 Å². The highest BCUT2D eigenvalue weighted by molar-refractivity contribution is 6.03. The van der Waals surface area contributed by atoms with Crippen LogP contribution in [0.4, 0.5) is 11.4 Å². The van der Waals surface area contributed by atoms with Gasteiger partial charge in [0.1, 0.15) is 5.56 Å². The van der Waals surface area contributed by atoms with Crippen molar-refractivity contribution >= 4 is 23.2 Å². The first-order chi connectivity index (χ1) is 15.8. The highest BCUT2D eigenvalue weighted by atomic mass is 16.6. The summed E-state index contributed by atoms with van der Waals surface area (Å²) in [7, 11) is 0. The normalized spacial score (nSPS) is 16.5. The quantitative estimate of drug-likeness (QED) is 0.493. The van der Waals surface area contributed by atoms with Gasteiger partial charge in [0, 0.05) is 43.5 Å². The van der Waals surface area contributed by atoms with E-state index in [1.807, 2.05) is 6.92 Å². The number of likely N-dealkylation sites (N-methyl/N-ethyl adjacent to an activating group) is 1. The highest BCUT2D eigenvalue weighted by Gasteiger charge is 2.29. The predicted molar refractivity (Wildman–Crippen MR) is 127 cm³/mol. The molecule has 1 saturated heterocycles. The molecule has 0 unspecified atom stereocenters. The molecule has 1 heterocycles. The van der Waals surface area contributed by atoms with Crippen molar-refractivity contribution in [1.29, 1.82) is 0 Å². The Labute approximate surface area is 192 Å². The number of anilines is 1. The van der Waals surface area contributed by atoms with Crippen molar-refractivity contribution in [2.45, 2.75) is 32.7 Å². The minimum atomic E-state index is -0.850. The van der Waals surface area contributed by atoms with E-state index in [1.54, 1.807) is 24.3 Å². The summed E-state index contributed by atoms with van der Waals surface area (Å²) in [6.45, 7) is 8.12. The van der Waals surface area contributed by atoms with Gasteiger partial charge in [0.25, 0.3) is 17.5 Å². The summed E-state index contributed by atoms with van der Waals surface area (Å²) in [5, 5.41) is 15.0. The highest BCUT2D eigenvalue weighted by Crippen LogP contribution is 2.39. The van der Waals surface area contributed by atoms with Crippen molar-refractivity contribution in [3.05, 3.63) is 57.1 Å². The number of nitro benzene ring substituents is 1. The zero-order valence-corrected chi connectivity index (χ0v) is 19.0. The number of nitro groups is 1. The van der Waals surface area contributed by atoms with Gasteiger partial charge in [-0.1, -0.05) is 13.0 Å². The standard InChI is InChI=1S/C24H29N5O4/c1-3-27-8-10-28(11-9-27)18-13-20(22(29(32)33)21(14-18)23(25)30)19-12-16(5-4-15(19)2)24(31)26-17-6-7-17/h4-5,12-14,17H,3,6-11H2,1-2H3,(H2,25,30)(H,26,31). The summed E-state index contributed by atoms with van der Waals surface area (Å²) >= 11 is 0. The Morgan fingerprint density at radius 2 is 1.82 bits per heavy atom. The van der Waals surface area contributed by atoms with Crippen molar-refractivity contribution in [1.82, 2.24) is 10.2 Å². The number of piperazine rings is 1. The fraction of sp³-hybridized carbons (Fsp3) is 0.417. The van der Waals surface area contributed by atoms with Gasteiger partial charge in [-0.25, -0.2) is 0 Å². The maximum atomic E-state index is 12.6. The van der Waals surface area contributed by atoms with Crippen molar-refractivity contribution in [3.8, 4) is 11.1 Å². The van der Waals surface area contributed by atoms with Gasteiger partial charge in [0.15, 0.2) is 0 Å². The maximum Gasteiger partial charge on any atom is 0.290 e. The van der Waals surface area contributed by atoms with Gasteiger partial charge in [-0.2, -0.15) is 0 Å². The zero-order valence-electron chi connectivity index (χ0n) is 19.0. The Hall–Kier alpha value is -3.46. The molecule has 0 spiro atoms. The molecule has 1 aliphatic heterocycles. The number of rotatable bonds is 7. The molecule has 2 aromatic rings. The number of carbonyl (C=O) groups is 2. The predicted octanol–water partition coefficient (Wildman–Crippen LogP) is 2.70. The molecule has 0 radical (unpaired) electrons. The van der Waals surface area contributed by atoms with Crippen molar-refractivity contribution in [2.75, 3.05) is 37.6 Å². The van der Waals surface area contributed by atoms with E-state index in [1.165, 1.54) is 6.07 Å². The molecule has 4 rings (SSSR count). The molecule has 174 valence electrons. The second-order valence-electron chi connectivity index (χ2n) is 8.71. The third-order valence-corrected chi connectivity index (χ3v) is 6.43. The number of benzene rings is 2. The molecule has 2 aliphatic rings. The van der Waals surface area contributed by atoms with Crippen LogP contribution in [0.5, 0.6) is 0 Å². The molecule has 2 fully saturated rings. The molecular weight excluding hydrogens is 422 g/mol. The Bertz CT molecular complexity index is 1100. The summed E-state index contributed by atoms with van der Waals surface area (Å²) in [5.41, 5.74) is 7.88. The number of carbonyl (C=O) groups excluding carboxylic acids is 2. The molecular formula is C24H29N5O4. The number of hydrogen-bond donors (Lipinski definition) is 2. The molecule has 3 N–H and O–H groups in total. The van der Waals surface area contributed by atoms with Crippen molar-refractivity contribution in [2.24, 2.45) is 5.73 Å². The number of nitrogens with zero attached hydrogens (tertiary/aromatic N) is 3. The third kappa shape index (κ3) is 4.83. The molecule has 9 heteroatoms. The summed E-state index contributed by atoms with van der Waals surface area (Å²) in [5.74, 6) is -1.05. The number of primary amides is 1. The number of nitrogens with one attached hydrogen (secondary N) is 1. The average Bonchev–Trinajstić information content (AvgIpc) is 3.62. The molecule has 2 amide bonds. The largest absolute Gasteiger partial charge is 0.369 e. The van der Waals surface area contributed by atoms with E-state index in [-0.39, 0.29) is 23.2 Å². The summed E-state index contributed by atoms with van der Waals surface area (Å²) in [6, 6.07) is 8.62. The Morgan fingerprint density at radius 1 is 1.12 bits per heavy atom. The van der Waals surface area contributed by atoms with E-state index in [9.17, 15) is 19.7 Å². The van der Waals surface area contributed by atoms with Crippen LogP contribution in [-0.4, -0.2) is 60.4 Å². The topological polar surface area (TPSA) is 122 Å². The van der Waals surface area contributed by atoms with E-state index in [4.69, 9.17) is 5.73 Å². The molecule has 33 heavy (non-hydrogen) atoms. The molecule has 2 aromatic carbocycles. The fourth-order valence-corrected chi connectivity index (χ4v) is 4.26. The van der Waals surface area contributed by atoms with Crippen molar-refractivity contribution in [3.63, 3.8) is 0 Å². The van der Waals surface area contributed by atoms with Crippen LogP contribution in [0.25, 0.3) is 11.1 Å². The minimum Gasteiger partial charge on any atom is -0.369 e. The monoisotopic (exact) mass is 451 g/mol. The first kappa shape index (κ1) is 22.7. The van der Waals surface area contributed by atoms with E-state index >= 15 is 0 Å². The van der Waals surface area contributed by atoms with Gasteiger partial charge in [0.2, 0.25) is 0 Å². The lowest BCUT2D eigenvalue weighted by Crippen LogP contribution is -2.46. The lowest BCUT2D eigenvalue weighted by molar-refractivity contribution is -0.384. The zero-order chi connectivity index (χ0) is 23.7. The molecule has 0 bridgehead atoms. The van der Waals surface area contributed by atoms with Gasteiger partial charge in [0.05, 0.1) is 10.5 Å². The molecule has 0 atom stereocenters. The van der Waals surface area contributed by atoms with Crippen LogP contribution in [0.3, 0.4) is 0 Å². The van der Waals surface area contributed by atoms with Crippen LogP contribution >= 0.6 is 0 Å². The van der Waals surface area contributed by atoms with Crippen molar-refractivity contribution < 1.29 is 14.5 Å². The number of hydrogen-bond acceptors (Lipinski definition) is 6. The third-order valence-electron chi connectivity index (χ3n) is 6.43. The molecule has 1 saturated carbocycles. The number of amides is 2. The summed E-state index contributed by atoms with van der Waals surface area (Å²) in [6.07, 6.45) is 1.93. The first-order valence-electron chi connectivity index (χ1n) is 11.3. The number of aryl methyl sites for hydroxylation is 1. The van der Waals surface area contributed by atoms with Crippen LogP contribution < -0.4 is 16.0 Å². The van der Waals surface area contributed by atoms with E-state index in [0.29, 0.717) is 22.4 Å². The molecule has 0 aromatic heterocycles. The van der Waals surface area contributed by atoms with Gasteiger partial charge < -0.3 is 20.9 Å². The SMILES string of the molecule is CCN1CCN(c2cc(C(N)=O)c([N+](=O)[O-])c(-c3cc(C(=O)NC4CC4)ccc3C)c2)CC1. The lowest BCUT2D eigenvalue weighted by atomic mass is 9.93. The van der Waals surface area contributed by atoms with Crippen LogP contribution in [0, 0.1) is 17.0 Å². The van der Waals surface area contributed by atoms with Gasteiger partial charge >= 0.3 is 0 Å². The average molecular weight is 452 g/mol. The Morgan fingerprint density at radius 3 is 2.39 bits per heavy atom. The van der Waals surface area contributed by atoms with E-state index in [2.05, 4.69) is 22.0 Å². The maximum absolute atomic E-state index is 12.6. The first-order valence-corrected chi connectivity index (χ1v) is 11.3. The van der Waals surface area contributed by atoms with Gasteiger partial charge in [-0.15, -0.1) is 0 Å². The van der Waals surface area contributed by atoms with Gasteiger partial charge in [-0.3, -0.25) is 19.7 Å². The molecule has 9 nitrogen and oxygen atoms in total. The fourth-order valence-electron chi connectivity index (χ4n) is 4.26. The van der Waals surface area contributed by atoms with Crippen LogP contribution in [0.1, 0.15) is 46.0 Å². The summed E-state index contributed by atoms with van der Waals surface area (Å²) in [4.78, 5) is 40.8. The second kappa shape index (κ2) is 9.19. The van der Waals surface area contributed by atoms with E-state index < -0.39 is 10.8 Å². The Kier molecular flexibility index (Phi) is 6.33. The Balaban J connectivity index is 1.82. The van der Waals surface area contributed by atoms with E-state index in [0.717, 1.165) is 51.1 Å². The minimum absolute atomic E-state index is 0.127. The molecule has 1 aliphatic carbocycles. The second-order valence-corrected chi connectivity index (χ2v) is 8.71. The summed E-state index contributed by atoms with van der Waals surface area (Å²) < 4.78 is 0.